The van der Waals surface area contributed by atoms with Crippen molar-refractivity contribution in [3.05, 3.63) is 11.6 Å². The van der Waals surface area contributed by atoms with E-state index >= 15 is 0 Å². The summed E-state index contributed by atoms with van der Waals surface area (Å²) in [6.45, 7) is 4.07. The quantitative estimate of drug-likeness (QED) is 0.763. The van der Waals surface area contributed by atoms with Gasteiger partial charge in [-0.25, -0.2) is 0 Å². The number of aromatic nitrogens is 3. The molecule has 1 aliphatic rings. The Kier molecular flexibility index (Phi) is 2.07. The van der Waals surface area contributed by atoms with Gasteiger partial charge < -0.3 is 10.3 Å². The third-order valence-corrected chi connectivity index (χ3v) is 2.58. The summed E-state index contributed by atoms with van der Waals surface area (Å²) in [6, 6.07) is 0.671. The van der Waals surface area contributed by atoms with E-state index in [9.17, 15) is 0 Å². The molecule has 1 fully saturated rings. The van der Waals surface area contributed by atoms with E-state index in [1.807, 2.05) is 6.92 Å². The number of nitrogens with two attached hydrogens (primary N) is 1. The summed E-state index contributed by atoms with van der Waals surface area (Å²) in [5.74, 6) is 1.96. The van der Waals surface area contributed by atoms with Crippen LogP contribution in [0.4, 0.5) is 0 Å². The fourth-order valence-corrected chi connectivity index (χ4v) is 1.61. The van der Waals surface area contributed by atoms with Crippen LogP contribution in [0.3, 0.4) is 0 Å². The Bertz CT molecular complexity index is 301. The maximum atomic E-state index is 5.95. The maximum Gasteiger partial charge on any atom is 0.150 e. The van der Waals surface area contributed by atoms with E-state index in [2.05, 4.69) is 21.7 Å². The largest absolute Gasteiger partial charge is 0.321 e. The molecule has 72 valence electrons. The van der Waals surface area contributed by atoms with Crippen LogP contribution in [0.2, 0.25) is 0 Å². The lowest BCUT2D eigenvalue weighted by atomic mass is 10.2. The molecule has 0 saturated heterocycles. The Morgan fingerprint density at radius 1 is 1.54 bits per heavy atom. The van der Waals surface area contributed by atoms with Crippen LogP contribution < -0.4 is 5.73 Å². The predicted molar refractivity (Wildman–Crippen MR) is 50.2 cm³/mol. The zero-order valence-corrected chi connectivity index (χ0v) is 8.20. The van der Waals surface area contributed by atoms with Gasteiger partial charge in [-0.2, -0.15) is 0 Å². The van der Waals surface area contributed by atoms with Gasteiger partial charge in [0.05, 0.1) is 6.04 Å². The average molecular weight is 180 g/mol. The molecule has 1 aliphatic carbocycles. The van der Waals surface area contributed by atoms with Gasteiger partial charge in [-0.1, -0.05) is 6.92 Å². The van der Waals surface area contributed by atoms with Crippen molar-refractivity contribution in [1.82, 2.24) is 14.8 Å². The molecular weight excluding hydrogens is 164 g/mol. The molecule has 1 atom stereocenters. The number of nitrogens with zero attached hydrogens (tertiary/aromatic N) is 3. The second-order valence-electron chi connectivity index (χ2n) is 3.72. The molecule has 0 amide bonds. The minimum atomic E-state index is 0.0433. The Balaban J connectivity index is 2.33. The lowest BCUT2D eigenvalue weighted by Gasteiger charge is -2.11. The molecule has 0 aliphatic heterocycles. The standard InChI is InChI=1S/C9H16N4/c1-3-8(10)9-12-11-6(2)13(9)7-4-5-7/h7-8H,3-5,10H2,1-2H3/t8-/m0/s1. The van der Waals surface area contributed by atoms with Crippen molar-refractivity contribution in [2.45, 2.75) is 45.2 Å². The van der Waals surface area contributed by atoms with Gasteiger partial charge >= 0.3 is 0 Å². The van der Waals surface area contributed by atoms with Crippen molar-refractivity contribution in [1.29, 1.82) is 0 Å². The molecule has 13 heavy (non-hydrogen) atoms. The molecule has 1 aromatic rings. The molecule has 1 aromatic heterocycles. The first kappa shape index (κ1) is 8.69. The lowest BCUT2D eigenvalue weighted by molar-refractivity contribution is 0.574. The molecular formula is C9H16N4. The fraction of sp³-hybridized carbons (Fsp3) is 0.778. The van der Waals surface area contributed by atoms with Crippen molar-refractivity contribution in [2.24, 2.45) is 5.73 Å². The van der Waals surface area contributed by atoms with Crippen LogP contribution in [-0.4, -0.2) is 14.8 Å². The Hall–Kier alpha value is -0.900. The zero-order chi connectivity index (χ0) is 9.42. The highest BCUT2D eigenvalue weighted by Gasteiger charge is 2.29. The number of aryl methyl sites for hydroxylation is 1. The first-order valence-corrected chi connectivity index (χ1v) is 4.91. The summed E-state index contributed by atoms with van der Waals surface area (Å²) >= 11 is 0. The van der Waals surface area contributed by atoms with E-state index in [0.29, 0.717) is 6.04 Å². The Morgan fingerprint density at radius 3 is 2.77 bits per heavy atom. The molecule has 2 rings (SSSR count). The summed E-state index contributed by atoms with van der Waals surface area (Å²) in [6.07, 6.45) is 3.43. The SMILES string of the molecule is CC[C@H](N)c1nnc(C)n1C1CC1. The Morgan fingerprint density at radius 2 is 2.23 bits per heavy atom. The van der Waals surface area contributed by atoms with Crippen LogP contribution in [0.5, 0.6) is 0 Å². The van der Waals surface area contributed by atoms with Gasteiger partial charge in [-0.3, -0.25) is 0 Å². The summed E-state index contributed by atoms with van der Waals surface area (Å²) < 4.78 is 2.20. The molecule has 0 aromatic carbocycles. The van der Waals surface area contributed by atoms with Gasteiger partial charge in [0.25, 0.3) is 0 Å². The van der Waals surface area contributed by atoms with Crippen molar-refractivity contribution in [2.75, 3.05) is 0 Å². The van der Waals surface area contributed by atoms with Crippen LogP contribution in [0.1, 0.15) is 49.9 Å². The van der Waals surface area contributed by atoms with Gasteiger partial charge in [0.1, 0.15) is 11.6 Å². The summed E-state index contributed by atoms with van der Waals surface area (Å²) in [4.78, 5) is 0. The molecule has 2 N–H and O–H groups in total. The van der Waals surface area contributed by atoms with Gasteiger partial charge in [-0.15, -0.1) is 10.2 Å². The van der Waals surface area contributed by atoms with Crippen LogP contribution in [-0.2, 0) is 0 Å². The highest BCUT2D eigenvalue weighted by molar-refractivity contribution is 5.04. The van der Waals surface area contributed by atoms with Gasteiger partial charge in [0, 0.05) is 6.04 Å². The highest BCUT2D eigenvalue weighted by atomic mass is 15.3. The molecule has 0 spiro atoms. The van der Waals surface area contributed by atoms with E-state index in [-0.39, 0.29) is 6.04 Å². The molecule has 4 nitrogen and oxygen atoms in total. The summed E-state index contributed by atoms with van der Waals surface area (Å²) in [5, 5.41) is 8.22. The Labute approximate surface area is 78.1 Å². The smallest absolute Gasteiger partial charge is 0.150 e. The van der Waals surface area contributed by atoms with E-state index < -0.39 is 0 Å². The van der Waals surface area contributed by atoms with Gasteiger partial charge in [0.2, 0.25) is 0 Å². The second-order valence-corrected chi connectivity index (χ2v) is 3.72. The number of rotatable bonds is 3. The van der Waals surface area contributed by atoms with Crippen LogP contribution in [0.25, 0.3) is 0 Å². The third-order valence-electron chi connectivity index (χ3n) is 2.58. The molecule has 0 radical (unpaired) electrons. The predicted octanol–water partition coefficient (Wildman–Crippen LogP) is 1.33. The van der Waals surface area contributed by atoms with Gasteiger partial charge in [0.15, 0.2) is 0 Å². The molecule has 0 bridgehead atoms. The average Bonchev–Trinajstić information content (AvgIpc) is 2.89. The molecule has 4 heteroatoms. The zero-order valence-electron chi connectivity index (χ0n) is 8.20. The first-order chi connectivity index (χ1) is 6.24. The molecule has 1 saturated carbocycles. The molecule has 0 unspecified atom stereocenters. The normalized spacial score (nSPS) is 19.0. The minimum absolute atomic E-state index is 0.0433. The topological polar surface area (TPSA) is 56.7 Å². The van der Waals surface area contributed by atoms with E-state index in [0.717, 1.165) is 18.1 Å². The van der Waals surface area contributed by atoms with E-state index in [4.69, 9.17) is 5.73 Å². The number of hydrogen-bond acceptors (Lipinski definition) is 3. The van der Waals surface area contributed by atoms with Crippen LogP contribution >= 0.6 is 0 Å². The van der Waals surface area contributed by atoms with Crippen molar-refractivity contribution in [3.8, 4) is 0 Å². The van der Waals surface area contributed by atoms with Crippen LogP contribution in [0.15, 0.2) is 0 Å². The van der Waals surface area contributed by atoms with Crippen molar-refractivity contribution >= 4 is 0 Å². The summed E-state index contributed by atoms with van der Waals surface area (Å²) in [5.41, 5.74) is 5.95. The fourth-order valence-electron chi connectivity index (χ4n) is 1.61. The summed E-state index contributed by atoms with van der Waals surface area (Å²) in [7, 11) is 0. The van der Waals surface area contributed by atoms with Crippen molar-refractivity contribution < 1.29 is 0 Å². The maximum absolute atomic E-state index is 5.95. The third kappa shape index (κ3) is 1.46. The molecule has 1 heterocycles. The van der Waals surface area contributed by atoms with Crippen LogP contribution in [0, 0.1) is 6.92 Å². The van der Waals surface area contributed by atoms with Gasteiger partial charge in [-0.05, 0) is 26.2 Å². The van der Waals surface area contributed by atoms with E-state index in [1.165, 1.54) is 12.8 Å². The highest BCUT2D eigenvalue weighted by Crippen LogP contribution is 2.37. The van der Waals surface area contributed by atoms with Crippen molar-refractivity contribution in [3.63, 3.8) is 0 Å². The first-order valence-electron chi connectivity index (χ1n) is 4.91. The van der Waals surface area contributed by atoms with E-state index in [1.54, 1.807) is 0 Å². The monoisotopic (exact) mass is 180 g/mol. The number of hydrogen-bond donors (Lipinski definition) is 1. The second kappa shape index (κ2) is 3.10. The minimum Gasteiger partial charge on any atom is -0.321 e. The lowest BCUT2D eigenvalue weighted by Crippen LogP contribution is -2.15.